The number of fused-ring (bicyclic) bond motifs is 1. The van der Waals surface area contributed by atoms with Gasteiger partial charge in [0.05, 0.1) is 5.39 Å². The highest BCUT2D eigenvalue weighted by Crippen LogP contribution is 2.33. The maximum absolute atomic E-state index is 13.4. The van der Waals surface area contributed by atoms with Crippen LogP contribution >= 0.6 is 0 Å². The van der Waals surface area contributed by atoms with E-state index in [1.54, 1.807) is 20.8 Å². The number of ether oxygens (including phenoxy) is 1. The Kier molecular flexibility index (Phi) is 6.29. The molecule has 1 fully saturated rings. The first-order valence-corrected chi connectivity index (χ1v) is 10.3. The first kappa shape index (κ1) is 22.0. The van der Waals surface area contributed by atoms with E-state index in [9.17, 15) is 18.8 Å². The monoisotopic (exact) mass is 417 g/mol. The van der Waals surface area contributed by atoms with Gasteiger partial charge in [0.2, 0.25) is 0 Å². The van der Waals surface area contributed by atoms with Crippen molar-refractivity contribution in [3.63, 3.8) is 0 Å². The normalized spacial score (nSPS) is 16.3. The Labute approximate surface area is 174 Å². The number of ketones is 1. The van der Waals surface area contributed by atoms with Gasteiger partial charge in [0.1, 0.15) is 17.0 Å². The highest BCUT2D eigenvalue weighted by atomic mass is 19.1. The zero-order valence-corrected chi connectivity index (χ0v) is 17.7. The average molecular weight is 417 g/mol. The number of nitrogens with one attached hydrogen (secondary N) is 1. The first-order valence-electron chi connectivity index (χ1n) is 10.3. The third-order valence-corrected chi connectivity index (χ3v) is 5.37. The van der Waals surface area contributed by atoms with E-state index in [0.29, 0.717) is 6.42 Å². The van der Waals surface area contributed by atoms with Crippen LogP contribution in [0.1, 0.15) is 76.3 Å². The molecule has 1 aromatic carbocycles. The molecule has 1 aromatic heterocycles. The van der Waals surface area contributed by atoms with Crippen LogP contribution in [0.2, 0.25) is 0 Å². The molecule has 7 heteroatoms. The lowest BCUT2D eigenvalue weighted by molar-refractivity contribution is 0.0410. The number of carbonyl (C=O) groups excluding carboxylic acids is 2. The predicted molar refractivity (Wildman–Crippen MR) is 111 cm³/mol. The maximum Gasteiger partial charge on any atom is 0.408 e. The summed E-state index contributed by atoms with van der Waals surface area (Å²) in [6, 6.07) is 4.73. The van der Waals surface area contributed by atoms with Crippen molar-refractivity contribution < 1.29 is 23.1 Å². The number of rotatable bonds is 5. The van der Waals surface area contributed by atoms with Crippen molar-refractivity contribution in [2.75, 3.05) is 0 Å². The molecule has 2 aromatic rings. The Morgan fingerprint density at radius 3 is 2.53 bits per heavy atom. The van der Waals surface area contributed by atoms with E-state index in [-0.39, 0.29) is 28.9 Å². The van der Waals surface area contributed by atoms with Crippen LogP contribution in [0.15, 0.2) is 33.5 Å². The maximum atomic E-state index is 13.4. The summed E-state index contributed by atoms with van der Waals surface area (Å²) in [5.41, 5.74) is -1.41. The van der Waals surface area contributed by atoms with Crippen molar-refractivity contribution >= 4 is 22.8 Å². The quantitative estimate of drug-likeness (QED) is 0.682. The fourth-order valence-electron chi connectivity index (χ4n) is 3.93. The SMILES string of the molecule is CC(C)(C)OC(=O)NC1(CCC(=O)c2cc(=O)c3cc(F)ccc3o2)CCCCC1. The second-order valence-electron chi connectivity index (χ2n) is 9.01. The molecular weight excluding hydrogens is 389 g/mol. The van der Waals surface area contributed by atoms with Gasteiger partial charge in [0.25, 0.3) is 0 Å². The Hall–Kier alpha value is -2.70. The molecule has 162 valence electrons. The van der Waals surface area contributed by atoms with E-state index < -0.39 is 28.5 Å². The second-order valence-corrected chi connectivity index (χ2v) is 9.01. The summed E-state index contributed by atoms with van der Waals surface area (Å²) in [6.07, 6.45) is 4.59. The lowest BCUT2D eigenvalue weighted by Gasteiger charge is -2.38. The molecule has 0 saturated heterocycles. The summed E-state index contributed by atoms with van der Waals surface area (Å²) >= 11 is 0. The predicted octanol–water partition coefficient (Wildman–Crippen LogP) is 5.12. The summed E-state index contributed by atoms with van der Waals surface area (Å²) in [6.45, 7) is 5.41. The zero-order chi connectivity index (χ0) is 21.9. The number of hydrogen-bond acceptors (Lipinski definition) is 5. The highest BCUT2D eigenvalue weighted by Gasteiger charge is 2.35. The van der Waals surface area contributed by atoms with Crippen LogP contribution in [-0.2, 0) is 4.74 Å². The minimum atomic E-state index is -0.607. The topological polar surface area (TPSA) is 85.6 Å². The largest absolute Gasteiger partial charge is 0.453 e. The lowest BCUT2D eigenvalue weighted by Crippen LogP contribution is -2.51. The molecule has 3 rings (SSSR count). The van der Waals surface area contributed by atoms with Crippen LogP contribution < -0.4 is 10.7 Å². The van der Waals surface area contributed by atoms with Gasteiger partial charge in [-0.2, -0.15) is 0 Å². The second kappa shape index (κ2) is 8.58. The van der Waals surface area contributed by atoms with Crippen LogP contribution in [0.25, 0.3) is 11.0 Å². The zero-order valence-electron chi connectivity index (χ0n) is 17.7. The van der Waals surface area contributed by atoms with Gasteiger partial charge in [-0.05, 0) is 58.2 Å². The van der Waals surface area contributed by atoms with Gasteiger partial charge < -0.3 is 14.5 Å². The number of amides is 1. The van der Waals surface area contributed by atoms with E-state index in [4.69, 9.17) is 9.15 Å². The Balaban J connectivity index is 1.74. The van der Waals surface area contributed by atoms with Crippen LogP contribution in [-0.4, -0.2) is 23.0 Å². The average Bonchev–Trinajstić information content (AvgIpc) is 2.65. The summed E-state index contributed by atoms with van der Waals surface area (Å²) in [5, 5.41) is 3.09. The van der Waals surface area contributed by atoms with Crippen molar-refractivity contribution in [2.45, 2.75) is 76.9 Å². The Bertz CT molecular complexity index is 999. The van der Waals surface area contributed by atoms with Crippen molar-refractivity contribution in [3.05, 3.63) is 46.1 Å². The van der Waals surface area contributed by atoms with Crippen LogP contribution in [0.4, 0.5) is 9.18 Å². The number of alkyl carbamates (subject to hydrolysis) is 1. The molecule has 1 N–H and O–H groups in total. The van der Waals surface area contributed by atoms with E-state index in [0.717, 1.165) is 44.2 Å². The van der Waals surface area contributed by atoms with Gasteiger partial charge in [0.15, 0.2) is 17.0 Å². The van der Waals surface area contributed by atoms with Crippen LogP contribution in [0.5, 0.6) is 0 Å². The standard InChI is InChI=1S/C23H28FNO5/c1-22(2,3)30-21(28)25-23(10-5-4-6-11-23)12-9-17(26)20-14-18(27)16-13-15(24)7-8-19(16)29-20/h7-8,13-14H,4-6,9-12H2,1-3H3,(H,25,28). The fraction of sp³-hybridized carbons (Fsp3) is 0.522. The Morgan fingerprint density at radius 1 is 1.17 bits per heavy atom. The Morgan fingerprint density at radius 2 is 1.87 bits per heavy atom. The van der Waals surface area contributed by atoms with Gasteiger partial charge in [-0.25, -0.2) is 9.18 Å². The molecule has 1 aliphatic carbocycles. The number of Topliss-reactive ketones (excluding diaryl/α,β-unsaturated/α-hetero) is 1. The molecule has 0 atom stereocenters. The molecule has 1 aliphatic rings. The van der Waals surface area contributed by atoms with Gasteiger partial charge in [-0.1, -0.05) is 19.3 Å². The van der Waals surface area contributed by atoms with E-state index in [1.165, 1.54) is 12.1 Å². The third-order valence-electron chi connectivity index (χ3n) is 5.37. The molecule has 6 nitrogen and oxygen atoms in total. The molecule has 0 spiro atoms. The third kappa shape index (κ3) is 5.46. The van der Waals surface area contributed by atoms with Crippen molar-refractivity contribution in [2.24, 2.45) is 0 Å². The van der Waals surface area contributed by atoms with Crippen LogP contribution in [0, 0.1) is 5.82 Å². The summed E-state index contributed by atoms with van der Waals surface area (Å²) in [4.78, 5) is 37.4. The lowest BCUT2D eigenvalue weighted by atomic mass is 9.78. The van der Waals surface area contributed by atoms with Gasteiger partial charge >= 0.3 is 6.09 Å². The minimum Gasteiger partial charge on any atom is -0.453 e. The molecule has 1 saturated carbocycles. The van der Waals surface area contributed by atoms with Crippen molar-refractivity contribution in [1.82, 2.24) is 5.32 Å². The summed E-state index contributed by atoms with van der Waals surface area (Å²) < 4.78 is 24.3. The van der Waals surface area contributed by atoms with E-state index in [2.05, 4.69) is 5.32 Å². The number of hydrogen-bond donors (Lipinski definition) is 1. The molecule has 0 bridgehead atoms. The molecule has 30 heavy (non-hydrogen) atoms. The highest BCUT2D eigenvalue weighted by molar-refractivity contribution is 5.95. The van der Waals surface area contributed by atoms with Gasteiger partial charge in [-0.3, -0.25) is 9.59 Å². The van der Waals surface area contributed by atoms with Crippen LogP contribution in [0.3, 0.4) is 0 Å². The molecule has 0 aliphatic heterocycles. The van der Waals surface area contributed by atoms with Gasteiger partial charge in [-0.15, -0.1) is 0 Å². The molecule has 1 amide bonds. The number of benzene rings is 1. The molecular formula is C23H28FNO5. The van der Waals surface area contributed by atoms with E-state index >= 15 is 0 Å². The number of carbonyl (C=O) groups is 2. The summed E-state index contributed by atoms with van der Waals surface area (Å²) in [7, 11) is 0. The molecule has 0 radical (unpaired) electrons. The molecule has 0 unspecified atom stereocenters. The molecule has 1 heterocycles. The van der Waals surface area contributed by atoms with Crippen molar-refractivity contribution in [1.29, 1.82) is 0 Å². The smallest absolute Gasteiger partial charge is 0.408 e. The minimum absolute atomic E-state index is 0.0534. The van der Waals surface area contributed by atoms with E-state index in [1.807, 2.05) is 0 Å². The summed E-state index contributed by atoms with van der Waals surface area (Å²) in [5.74, 6) is -0.919. The first-order chi connectivity index (χ1) is 14.1. The number of halogens is 1. The van der Waals surface area contributed by atoms with Gasteiger partial charge in [0, 0.05) is 18.0 Å². The fourth-order valence-corrected chi connectivity index (χ4v) is 3.93. The van der Waals surface area contributed by atoms with Crippen molar-refractivity contribution in [3.8, 4) is 0 Å².